The van der Waals surface area contributed by atoms with Crippen molar-refractivity contribution in [3.63, 3.8) is 0 Å². The molecule has 0 spiro atoms. The molecule has 1 unspecified atom stereocenters. The summed E-state index contributed by atoms with van der Waals surface area (Å²) < 4.78 is 0. The van der Waals surface area contributed by atoms with Gasteiger partial charge in [0.2, 0.25) is 0 Å². The normalized spacial score (nSPS) is 35.8. The number of hydroxylamine groups is 2. The SMILES string of the molecule is CCCC1(C)CCC(C)(C)N1O. The molecule has 1 aliphatic rings. The molecule has 2 heteroatoms. The minimum Gasteiger partial charge on any atom is -0.313 e. The molecule has 1 saturated heterocycles. The maximum Gasteiger partial charge on any atom is 0.0439 e. The van der Waals surface area contributed by atoms with Gasteiger partial charge in [0.1, 0.15) is 0 Å². The topological polar surface area (TPSA) is 23.5 Å². The summed E-state index contributed by atoms with van der Waals surface area (Å²) in [5, 5.41) is 11.5. The molecule has 1 aliphatic heterocycles. The fraction of sp³-hybridized carbons (Fsp3) is 1.00. The van der Waals surface area contributed by atoms with Crippen LogP contribution in [-0.4, -0.2) is 21.3 Å². The third-order valence-electron chi connectivity index (χ3n) is 3.15. The van der Waals surface area contributed by atoms with Crippen LogP contribution in [0.2, 0.25) is 0 Å². The molecule has 1 atom stereocenters. The van der Waals surface area contributed by atoms with Crippen molar-refractivity contribution in [3.8, 4) is 0 Å². The minimum absolute atomic E-state index is 0.0239. The second-order valence-corrected chi connectivity index (χ2v) is 4.87. The highest BCUT2D eigenvalue weighted by Crippen LogP contribution is 2.41. The van der Waals surface area contributed by atoms with E-state index < -0.39 is 0 Å². The lowest BCUT2D eigenvalue weighted by Gasteiger charge is -2.36. The largest absolute Gasteiger partial charge is 0.313 e. The molecule has 1 rings (SSSR count). The Morgan fingerprint density at radius 3 is 2.17 bits per heavy atom. The lowest BCUT2D eigenvalue weighted by Crippen LogP contribution is -2.47. The van der Waals surface area contributed by atoms with Crippen LogP contribution in [0.4, 0.5) is 0 Å². The van der Waals surface area contributed by atoms with Gasteiger partial charge < -0.3 is 5.21 Å². The zero-order valence-corrected chi connectivity index (χ0v) is 8.72. The van der Waals surface area contributed by atoms with Gasteiger partial charge >= 0.3 is 0 Å². The fourth-order valence-corrected chi connectivity index (χ4v) is 2.29. The Morgan fingerprint density at radius 1 is 1.25 bits per heavy atom. The summed E-state index contributed by atoms with van der Waals surface area (Å²) in [5.74, 6) is 0. The molecule has 72 valence electrons. The molecule has 0 saturated carbocycles. The van der Waals surface area contributed by atoms with Gasteiger partial charge in [-0.25, -0.2) is 0 Å². The van der Waals surface area contributed by atoms with Crippen molar-refractivity contribution in [1.82, 2.24) is 5.06 Å². The summed E-state index contributed by atoms with van der Waals surface area (Å²) in [7, 11) is 0. The van der Waals surface area contributed by atoms with Gasteiger partial charge in [0.05, 0.1) is 0 Å². The summed E-state index contributed by atoms with van der Waals surface area (Å²) in [4.78, 5) is 0. The van der Waals surface area contributed by atoms with E-state index >= 15 is 0 Å². The van der Waals surface area contributed by atoms with Crippen LogP contribution in [0.1, 0.15) is 53.4 Å². The Kier molecular flexibility index (Phi) is 2.50. The molecule has 0 amide bonds. The highest BCUT2D eigenvalue weighted by molar-refractivity contribution is 4.97. The molecular formula is C10H21NO. The smallest absolute Gasteiger partial charge is 0.0439 e. The Balaban J connectivity index is 2.71. The molecule has 0 radical (unpaired) electrons. The predicted molar refractivity (Wildman–Crippen MR) is 50.3 cm³/mol. The quantitative estimate of drug-likeness (QED) is 0.690. The number of hydrogen-bond acceptors (Lipinski definition) is 2. The van der Waals surface area contributed by atoms with E-state index in [0.29, 0.717) is 0 Å². The first-order valence-electron chi connectivity index (χ1n) is 4.91. The molecule has 0 aromatic heterocycles. The second kappa shape index (κ2) is 3.00. The summed E-state index contributed by atoms with van der Waals surface area (Å²) in [6, 6.07) is 0. The predicted octanol–water partition coefficient (Wildman–Crippen LogP) is 2.81. The van der Waals surface area contributed by atoms with Gasteiger partial charge in [-0.3, -0.25) is 0 Å². The summed E-state index contributed by atoms with van der Waals surface area (Å²) in [6.07, 6.45) is 4.45. The average Bonchev–Trinajstić information content (AvgIpc) is 2.17. The standard InChI is InChI=1S/C10H21NO/c1-5-6-10(4)8-7-9(2,3)11(10)12/h12H,5-8H2,1-4H3. The first kappa shape index (κ1) is 10.0. The van der Waals surface area contributed by atoms with Gasteiger partial charge in [0.25, 0.3) is 0 Å². The molecule has 0 aromatic carbocycles. The first-order chi connectivity index (χ1) is 5.42. The lowest BCUT2D eigenvalue weighted by atomic mass is 9.94. The Labute approximate surface area is 75.5 Å². The lowest BCUT2D eigenvalue weighted by molar-refractivity contribution is -0.199. The highest BCUT2D eigenvalue weighted by atomic mass is 16.5. The van der Waals surface area contributed by atoms with E-state index in [9.17, 15) is 5.21 Å². The molecule has 1 fully saturated rings. The van der Waals surface area contributed by atoms with Crippen molar-refractivity contribution in [1.29, 1.82) is 0 Å². The van der Waals surface area contributed by atoms with Gasteiger partial charge in [0, 0.05) is 11.1 Å². The van der Waals surface area contributed by atoms with Crippen molar-refractivity contribution in [2.45, 2.75) is 64.5 Å². The van der Waals surface area contributed by atoms with Crippen LogP contribution in [0, 0.1) is 0 Å². The van der Waals surface area contributed by atoms with E-state index in [4.69, 9.17) is 0 Å². The van der Waals surface area contributed by atoms with E-state index in [2.05, 4.69) is 27.7 Å². The number of hydrogen-bond donors (Lipinski definition) is 1. The van der Waals surface area contributed by atoms with Crippen LogP contribution in [0.25, 0.3) is 0 Å². The summed E-state index contributed by atoms with van der Waals surface area (Å²) in [5.41, 5.74) is 0.00215. The van der Waals surface area contributed by atoms with Crippen molar-refractivity contribution in [2.24, 2.45) is 0 Å². The van der Waals surface area contributed by atoms with E-state index in [1.807, 2.05) is 0 Å². The zero-order chi connectivity index (χ0) is 9.41. The van der Waals surface area contributed by atoms with Gasteiger partial charge in [-0.15, -0.1) is 0 Å². The molecule has 12 heavy (non-hydrogen) atoms. The molecule has 2 nitrogen and oxygen atoms in total. The number of rotatable bonds is 2. The monoisotopic (exact) mass is 171 g/mol. The molecule has 1 heterocycles. The van der Waals surface area contributed by atoms with E-state index in [-0.39, 0.29) is 11.1 Å². The van der Waals surface area contributed by atoms with Gasteiger partial charge in [0.15, 0.2) is 0 Å². The maximum atomic E-state index is 9.94. The van der Waals surface area contributed by atoms with Gasteiger partial charge in [-0.1, -0.05) is 13.3 Å². The van der Waals surface area contributed by atoms with Crippen LogP contribution in [0.5, 0.6) is 0 Å². The minimum atomic E-state index is -0.0239. The third-order valence-corrected chi connectivity index (χ3v) is 3.15. The van der Waals surface area contributed by atoms with Crippen LogP contribution < -0.4 is 0 Å². The van der Waals surface area contributed by atoms with Crippen molar-refractivity contribution < 1.29 is 5.21 Å². The van der Waals surface area contributed by atoms with Crippen LogP contribution in [-0.2, 0) is 0 Å². The van der Waals surface area contributed by atoms with Crippen LogP contribution in [0.3, 0.4) is 0 Å². The van der Waals surface area contributed by atoms with E-state index in [0.717, 1.165) is 25.7 Å². The third kappa shape index (κ3) is 1.50. The van der Waals surface area contributed by atoms with Crippen molar-refractivity contribution in [2.75, 3.05) is 0 Å². The summed E-state index contributed by atoms with van der Waals surface area (Å²) in [6.45, 7) is 8.54. The van der Waals surface area contributed by atoms with Crippen LogP contribution >= 0.6 is 0 Å². The van der Waals surface area contributed by atoms with E-state index in [1.165, 1.54) is 0 Å². The Morgan fingerprint density at radius 2 is 1.83 bits per heavy atom. The Bertz CT molecular complexity index is 167. The molecule has 0 aliphatic carbocycles. The van der Waals surface area contributed by atoms with Crippen LogP contribution in [0.15, 0.2) is 0 Å². The zero-order valence-electron chi connectivity index (χ0n) is 8.72. The Hall–Kier alpha value is -0.0800. The summed E-state index contributed by atoms with van der Waals surface area (Å²) >= 11 is 0. The maximum absolute atomic E-state index is 9.94. The van der Waals surface area contributed by atoms with Crippen molar-refractivity contribution in [3.05, 3.63) is 0 Å². The molecular weight excluding hydrogens is 150 g/mol. The first-order valence-corrected chi connectivity index (χ1v) is 4.91. The second-order valence-electron chi connectivity index (χ2n) is 4.87. The molecule has 0 aromatic rings. The highest BCUT2D eigenvalue weighted by Gasteiger charge is 2.46. The van der Waals surface area contributed by atoms with Gasteiger partial charge in [-0.2, -0.15) is 5.06 Å². The van der Waals surface area contributed by atoms with Crippen molar-refractivity contribution >= 4 is 0 Å². The fourth-order valence-electron chi connectivity index (χ4n) is 2.29. The molecule has 1 N–H and O–H groups in total. The molecule has 0 bridgehead atoms. The number of nitrogens with zero attached hydrogens (tertiary/aromatic N) is 1. The average molecular weight is 171 g/mol. The van der Waals surface area contributed by atoms with Gasteiger partial charge in [-0.05, 0) is 40.0 Å². The van der Waals surface area contributed by atoms with E-state index in [1.54, 1.807) is 5.06 Å².